The summed E-state index contributed by atoms with van der Waals surface area (Å²) in [5.41, 5.74) is 4.16. The van der Waals surface area contributed by atoms with Gasteiger partial charge in [-0.2, -0.15) is 4.84 Å². The van der Waals surface area contributed by atoms with Crippen LogP contribution in [0.2, 0.25) is 0 Å². The highest BCUT2D eigenvalue weighted by Crippen LogP contribution is 2.51. The third-order valence-electron chi connectivity index (χ3n) is 6.03. The van der Waals surface area contributed by atoms with Crippen molar-refractivity contribution in [1.29, 1.82) is 0 Å². The van der Waals surface area contributed by atoms with Gasteiger partial charge in [-0.05, 0) is 48.0 Å². The molecule has 0 bridgehead atoms. The van der Waals surface area contributed by atoms with Crippen LogP contribution in [0.4, 0.5) is 5.69 Å². The van der Waals surface area contributed by atoms with E-state index in [-0.39, 0.29) is 0 Å². The molecule has 36 heavy (non-hydrogen) atoms. The third-order valence-corrected chi connectivity index (χ3v) is 7.14. The first-order chi connectivity index (χ1) is 17.8. The first-order valence-corrected chi connectivity index (χ1v) is 12.5. The Kier molecular flexibility index (Phi) is 5.98. The summed E-state index contributed by atoms with van der Waals surface area (Å²) in [4.78, 5) is 9.10. The molecule has 0 aliphatic carbocycles. The van der Waals surface area contributed by atoms with Crippen LogP contribution in [0.1, 0.15) is 18.2 Å². The van der Waals surface area contributed by atoms with Gasteiger partial charge in [0, 0.05) is 34.3 Å². The van der Waals surface area contributed by atoms with Crippen molar-refractivity contribution in [2.45, 2.75) is 11.8 Å². The molecule has 2 aromatic carbocycles. The van der Waals surface area contributed by atoms with Crippen LogP contribution in [0.25, 0.3) is 22.6 Å². The van der Waals surface area contributed by atoms with Crippen LogP contribution in [0.3, 0.4) is 0 Å². The minimum Gasteiger partial charge on any atom is -0.489 e. The second-order valence-corrected chi connectivity index (χ2v) is 9.26. The number of furan rings is 1. The van der Waals surface area contributed by atoms with Crippen molar-refractivity contribution in [3.05, 3.63) is 108 Å². The van der Waals surface area contributed by atoms with Crippen LogP contribution in [0.5, 0.6) is 5.75 Å². The van der Waals surface area contributed by atoms with Crippen molar-refractivity contribution in [3.63, 3.8) is 0 Å². The number of hydrogen-bond acceptors (Lipinski definition) is 5. The lowest BCUT2D eigenvalue weighted by atomic mass is 10.1. The Morgan fingerprint density at radius 2 is 2.06 bits per heavy atom. The molecule has 176 valence electrons. The molecule has 2 aliphatic rings. The number of rotatable bonds is 5. The molecular formula is C30H23N2O3S+. The molecule has 0 atom stereocenters. The number of allylic oxidation sites excluding steroid dienone is 4. The molecule has 2 aromatic heterocycles. The zero-order chi connectivity index (χ0) is 24.3. The van der Waals surface area contributed by atoms with Crippen LogP contribution in [-0.2, 0) is 0 Å². The van der Waals surface area contributed by atoms with E-state index in [1.165, 1.54) is 15.6 Å². The zero-order valence-corrected chi connectivity index (χ0v) is 20.5. The monoisotopic (exact) mass is 491 g/mol. The molecule has 0 fully saturated rings. The molecule has 0 radical (unpaired) electrons. The predicted molar refractivity (Wildman–Crippen MR) is 143 cm³/mol. The van der Waals surface area contributed by atoms with Crippen molar-refractivity contribution in [2.24, 2.45) is 0 Å². The number of hydrogen-bond donors (Lipinski definition) is 0. The van der Waals surface area contributed by atoms with Gasteiger partial charge in [0.15, 0.2) is 6.11 Å². The summed E-state index contributed by atoms with van der Waals surface area (Å²) in [7, 11) is 0. The summed E-state index contributed by atoms with van der Waals surface area (Å²) >= 11 is 1.77. The molecule has 5 nitrogen and oxygen atoms in total. The fourth-order valence-corrected chi connectivity index (χ4v) is 5.50. The SMILES string of the molecule is CC#CO[n+]1ccc(/C=C/C(=C/C=C2\Sc3cccc4c3N2CCO4)c2ccco2)c2ccccc21. The van der Waals surface area contributed by atoms with E-state index in [0.717, 1.165) is 40.1 Å². The Labute approximate surface area is 213 Å². The van der Waals surface area contributed by atoms with E-state index in [0.29, 0.717) is 6.61 Å². The van der Waals surface area contributed by atoms with Crippen molar-refractivity contribution < 1.29 is 18.7 Å². The highest BCUT2D eigenvalue weighted by molar-refractivity contribution is 8.03. The van der Waals surface area contributed by atoms with Crippen LogP contribution in [0.15, 0.2) is 106 Å². The molecule has 0 spiro atoms. The first kappa shape index (κ1) is 22.1. The van der Waals surface area contributed by atoms with Gasteiger partial charge in [-0.3, -0.25) is 0 Å². The number of anilines is 1. The lowest BCUT2D eigenvalue weighted by molar-refractivity contribution is -0.851. The minimum absolute atomic E-state index is 0.678. The normalized spacial score (nSPS) is 15.6. The number of para-hydroxylation sites is 2. The molecule has 0 saturated heterocycles. The van der Waals surface area contributed by atoms with Gasteiger partial charge in [-0.25, -0.2) is 0 Å². The van der Waals surface area contributed by atoms with E-state index in [1.54, 1.807) is 29.7 Å². The van der Waals surface area contributed by atoms with E-state index in [2.05, 4.69) is 53.4 Å². The van der Waals surface area contributed by atoms with Gasteiger partial charge >= 0.3 is 0 Å². The topological polar surface area (TPSA) is 38.7 Å². The van der Waals surface area contributed by atoms with Gasteiger partial charge in [0.2, 0.25) is 6.20 Å². The van der Waals surface area contributed by atoms with E-state index in [9.17, 15) is 0 Å². The Bertz CT molecular complexity index is 1590. The highest BCUT2D eigenvalue weighted by atomic mass is 32.2. The minimum atomic E-state index is 0.678. The number of aromatic nitrogens is 1. The number of fused-ring (bicyclic) bond motifs is 1. The van der Waals surface area contributed by atoms with E-state index < -0.39 is 0 Å². The Balaban J connectivity index is 1.36. The second kappa shape index (κ2) is 9.73. The largest absolute Gasteiger partial charge is 0.489 e. The van der Waals surface area contributed by atoms with Gasteiger partial charge in [0.1, 0.15) is 18.1 Å². The second-order valence-electron chi connectivity index (χ2n) is 8.20. The summed E-state index contributed by atoms with van der Waals surface area (Å²) in [5, 5.41) is 2.24. The molecule has 4 aromatic rings. The average molecular weight is 492 g/mol. The van der Waals surface area contributed by atoms with Crippen LogP contribution in [0, 0.1) is 12.0 Å². The van der Waals surface area contributed by atoms with Crippen molar-refractivity contribution >= 4 is 40.0 Å². The molecule has 0 unspecified atom stereocenters. The molecule has 0 amide bonds. The molecule has 0 N–H and O–H groups in total. The Hall–Kier alpha value is -4.34. The van der Waals surface area contributed by atoms with E-state index in [1.807, 2.05) is 54.7 Å². The summed E-state index contributed by atoms with van der Waals surface area (Å²) < 4.78 is 13.3. The molecule has 6 rings (SSSR count). The molecule has 6 heteroatoms. The Morgan fingerprint density at radius 3 is 2.94 bits per heavy atom. The Morgan fingerprint density at radius 1 is 1.11 bits per heavy atom. The predicted octanol–water partition coefficient (Wildman–Crippen LogP) is 6.07. The first-order valence-electron chi connectivity index (χ1n) is 11.7. The van der Waals surface area contributed by atoms with Crippen molar-refractivity contribution in [2.75, 3.05) is 18.1 Å². The number of thioether (sulfide) groups is 1. The van der Waals surface area contributed by atoms with Crippen molar-refractivity contribution in [1.82, 2.24) is 0 Å². The standard InChI is InChI=1S/C30H23N2O3S/c1-2-19-35-32-17-16-22(24-7-3-4-8-25(24)32)12-13-23(26-10-6-20-33-26)14-15-29-31-18-21-34-27-9-5-11-28(36-29)30(27)31/h3-17,20H,18,21H2,1H3/q+1. The maximum atomic E-state index is 5.86. The molecule has 4 heterocycles. The quantitative estimate of drug-likeness (QED) is 0.192. The van der Waals surface area contributed by atoms with Crippen LogP contribution in [-0.4, -0.2) is 13.2 Å². The van der Waals surface area contributed by atoms with E-state index >= 15 is 0 Å². The van der Waals surface area contributed by atoms with E-state index in [4.69, 9.17) is 14.0 Å². The summed E-state index contributed by atoms with van der Waals surface area (Å²) in [6.45, 7) is 3.26. The maximum absolute atomic E-state index is 5.86. The van der Waals surface area contributed by atoms with Gasteiger partial charge < -0.3 is 14.1 Å². The number of ether oxygens (including phenoxy) is 1. The lowest BCUT2D eigenvalue weighted by Crippen LogP contribution is -2.40. The average Bonchev–Trinajstić information content (AvgIpc) is 3.58. The maximum Gasteiger partial charge on any atom is 0.266 e. The number of pyridine rings is 1. The van der Waals surface area contributed by atoms with Gasteiger partial charge in [-0.1, -0.05) is 48.0 Å². The summed E-state index contributed by atoms with van der Waals surface area (Å²) in [5.74, 6) is 4.52. The highest BCUT2D eigenvalue weighted by Gasteiger charge is 2.30. The zero-order valence-electron chi connectivity index (χ0n) is 19.7. The van der Waals surface area contributed by atoms with Crippen LogP contribution >= 0.6 is 11.8 Å². The van der Waals surface area contributed by atoms with Crippen molar-refractivity contribution in [3.8, 4) is 17.8 Å². The molecule has 2 aliphatic heterocycles. The molecule has 0 saturated carbocycles. The smallest absolute Gasteiger partial charge is 0.266 e. The third kappa shape index (κ3) is 4.15. The fourth-order valence-electron chi connectivity index (χ4n) is 4.39. The van der Waals surface area contributed by atoms with Gasteiger partial charge in [-0.15, -0.1) is 0 Å². The lowest BCUT2D eigenvalue weighted by Gasteiger charge is -2.27. The van der Waals surface area contributed by atoms with Crippen LogP contribution < -0.4 is 19.2 Å². The number of nitrogens with zero attached hydrogens (tertiary/aromatic N) is 2. The summed E-state index contributed by atoms with van der Waals surface area (Å²) in [6.07, 6.45) is 14.7. The molecular weight excluding hydrogens is 468 g/mol. The van der Waals surface area contributed by atoms with Gasteiger partial charge in [0.25, 0.3) is 5.52 Å². The fraction of sp³-hybridized carbons (Fsp3) is 0.100. The summed E-state index contributed by atoms with van der Waals surface area (Å²) in [6, 6.07) is 20.2. The van der Waals surface area contributed by atoms with Gasteiger partial charge in [0.05, 0.1) is 28.9 Å². The number of benzene rings is 2.